The number of fused-ring (bicyclic) bond motifs is 2. The lowest BCUT2D eigenvalue weighted by molar-refractivity contribution is 0.0725. The first-order valence-electron chi connectivity index (χ1n) is 9.25. The number of halogens is 1. The Kier molecular flexibility index (Phi) is 3.82. The standard InChI is InChI=1S/C21H19FN4O2/c1-28-14-6-4-12-9-18(23-16(12)11-14)21(27)26-8-2-3-19(26)20-24-15-7-5-13(22)10-17(15)25-20/h4-7,9-11,19,23H,2-3,8H2,1H3,(H,24,25). The molecule has 7 heteroatoms. The summed E-state index contributed by atoms with van der Waals surface area (Å²) in [6.45, 7) is 0.660. The Labute approximate surface area is 160 Å². The Bertz CT molecular complexity index is 1200. The average Bonchev–Trinajstić information content (AvgIpc) is 3.42. The smallest absolute Gasteiger partial charge is 0.270 e. The highest BCUT2D eigenvalue weighted by Gasteiger charge is 2.33. The van der Waals surface area contributed by atoms with E-state index in [1.807, 2.05) is 29.2 Å². The number of rotatable bonds is 3. The van der Waals surface area contributed by atoms with Crippen LogP contribution >= 0.6 is 0 Å². The lowest BCUT2D eigenvalue weighted by atomic mass is 10.2. The van der Waals surface area contributed by atoms with E-state index >= 15 is 0 Å². The van der Waals surface area contributed by atoms with Crippen molar-refractivity contribution in [3.8, 4) is 5.75 Å². The van der Waals surface area contributed by atoms with Crippen LogP contribution in [-0.2, 0) is 0 Å². The zero-order valence-electron chi connectivity index (χ0n) is 15.3. The molecule has 0 radical (unpaired) electrons. The molecule has 1 amide bonds. The summed E-state index contributed by atoms with van der Waals surface area (Å²) in [4.78, 5) is 26.0. The Morgan fingerprint density at radius 2 is 2.07 bits per heavy atom. The van der Waals surface area contributed by atoms with Crippen LogP contribution in [0.25, 0.3) is 21.9 Å². The van der Waals surface area contributed by atoms with E-state index in [1.54, 1.807) is 13.2 Å². The first kappa shape index (κ1) is 16.8. The van der Waals surface area contributed by atoms with Gasteiger partial charge in [0, 0.05) is 23.5 Å². The predicted molar refractivity (Wildman–Crippen MR) is 104 cm³/mol. The van der Waals surface area contributed by atoms with Gasteiger partial charge in [-0.05, 0) is 49.2 Å². The quantitative estimate of drug-likeness (QED) is 0.562. The number of nitrogens with zero attached hydrogens (tertiary/aromatic N) is 2. The van der Waals surface area contributed by atoms with Crippen molar-refractivity contribution in [2.45, 2.75) is 18.9 Å². The Morgan fingerprint density at radius 1 is 1.18 bits per heavy atom. The van der Waals surface area contributed by atoms with Gasteiger partial charge in [0.05, 0.1) is 24.2 Å². The molecule has 1 saturated heterocycles. The normalized spacial score (nSPS) is 16.9. The third kappa shape index (κ3) is 2.70. The highest BCUT2D eigenvalue weighted by molar-refractivity contribution is 5.98. The Balaban J connectivity index is 1.47. The summed E-state index contributed by atoms with van der Waals surface area (Å²) in [5, 5.41) is 0.958. The van der Waals surface area contributed by atoms with Crippen LogP contribution in [0.3, 0.4) is 0 Å². The van der Waals surface area contributed by atoms with Crippen LogP contribution in [0.2, 0.25) is 0 Å². The van der Waals surface area contributed by atoms with Crippen molar-refractivity contribution in [3.63, 3.8) is 0 Å². The molecule has 142 valence electrons. The summed E-state index contributed by atoms with van der Waals surface area (Å²) < 4.78 is 18.7. The van der Waals surface area contributed by atoms with E-state index in [2.05, 4.69) is 15.0 Å². The Hall–Kier alpha value is -3.35. The summed E-state index contributed by atoms with van der Waals surface area (Å²) in [5.41, 5.74) is 2.75. The number of benzene rings is 2. The minimum absolute atomic E-state index is 0.0655. The van der Waals surface area contributed by atoms with E-state index in [-0.39, 0.29) is 17.8 Å². The minimum Gasteiger partial charge on any atom is -0.497 e. The topological polar surface area (TPSA) is 74.0 Å². The molecular weight excluding hydrogens is 359 g/mol. The van der Waals surface area contributed by atoms with Crippen molar-refractivity contribution in [1.29, 1.82) is 0 Å². The number of likely N-dealkylation sites (tertiary alicyclic amines) is 1. The van der Waals surface area contributed by atoms with Gasteiger partial charge in [-0.2, -0.15) is 0 Å². The fourth-order valence-electron chi connectivity index (χ4n) is 3.96. The third-order valence-electron chi connectivity index (χ3n) is 5.35. The summed E-state index contributed by atoms with van der Waals surface area (Å²) in [7, 11) is 1.62. The Morgan fingerprint density at radius 3 is 2.93 bits per heavy atom. The number of carbonyl (C=O) groups excluding carboxylic acids is 1. The summed E-state index contributed by atoms with van der Waals surface area (Å²) >= 11 is 0. The van der Waals surface area contributed by atoms with Crippen LogP contribution < -0.4 is 4.74 Å². The van der Waals surface area contributed by atoms with Gasteiger partial charge in [0.2, 0.25) is 0 Å². The lowest BCUT2D eigenvalue weighted by Crippen LogP contribution is -2.31. The van der Waals surface area contributed by atoms with Crippen LogP contribution in [0, 0.1) is 5.82 Å². The molecule has 1 fully saturated rings. The maximum Gasteiger partial charge on any atom is 0.270 e. The van der Waals surface area contributed by atoms with E-state index < -0.39 is 0 Å². The van der Waals surface area contributed by atoms with Gasteiger partial charge in [-0.25, -0.2) is 9.37 Å². The molecule has 6 nitrogen and oxygen atoms in total. The number of imidazole rings is 1. The van der Waals surface area contributed by atoms with Gasteiger partial charge < -0.3 is 19.6 Å². The number of H-pyrrole nitrogens is 2. The number of ether oxygens (including phenoxy) is 1. The third-order valence-corrected chi connectivity index (χ3v) is 5.35. The van der Waals surface area contributed by atoms with Crippen molar-refractivity contribution in [1.82, 2.24) is 19.9 Å². The molecule has 0 saturated carbocycles. The second kappa shape index (κ2) is 6.37. The van der Waals surface area contributed by atoms with Crippen molar-refractivity contribution in [2.24, 2.45) is 0 Å². The van der Waals surface area contributed by atoms with Gasteiger partial charge in [0.15, 0.2) is 0 Å². The van der Waals surface area contributed by atoms with Gasteiger partial charge >= 0.3 is 0 Å². The predicted octanol–water partition coefficient (Wildman–Crippen LogP) is 4.17. The zero-order valence-corrected chi connectivity index (χ0v) is 15.3. The first-order valence-corrected chi connectivity index (χ1v) is 9.25. The fourth-order valence-corrected chi connectivity index (χ4v) is 3.96. The molecule has 0 aliphatic carbocycles. The highest BCUT2D eigenvalue weighted by Crippen LogP contribution is 2.33. The van der Waals surface area contributed by atoms with Crippen LogP contribution in [-0.4, -0.2) is 39.4 Å². The van der Waals surface area contributed by atoms with Crippen LogP contribution in [0.1, 0.15) is 35.2 Å². The minimum atomic E-state index is -0.310. The summed E-state index contributed by atoms with van der Waals surface area (Å²) in [5.74, 6) is 1.06. The number of carbonyl (C=O) groups is 1. The number of aromatic nitrogens is 3. The zero-order chi connectivity index (χ0) is 19.3. The molecule has 5 rings (SSSR count). The molecule has 2 aromatic heterocycles. The molecule has 0 bridgehead atoms. The van der Waals surface area contributed by atoms with Crippen LogP contribution in [0.4, 0.5) is 4.39 Å². The van der Waals surface area contributed by atoms with Crippen LogP contribution in [0.15, 0.2) is 42.5 Å². The molecule has 4 aromatic rings. The van der Waals surface area contributed by atoms with Crippen molar-refractivity contribution in [2.75, 3.05) is 13.7 Å². The van der Waals surface area contributed by atoms with Crippen molar-refractivity contribution >= 4 is 27.8 Å². The van der Waals surface area contributed by atoms with E-state index in [9.17, 15) is 9.18 Å². The maximum atomic E-state index is 13.5. The molecule has 1 atom stereocenters. The lowest BCUT2D eigenvalue weighted by Gasteiger charge is -2.22. The fraction of sp³-hybridized carbons (Fsp3) is 0.238. The molecule has 1 unspecified atom stereocenters. The van der Waals surface area contributed by atoms with E-state index in [0.29, 0.717) is 29.1 Å². The SMILES string of the molecule is COc1ccc2cc(C(=O)N3CCCC3c3nc4ccc(F)cc4[nH]3)[nH]c2c1. The largest absolute Gasteiger partial charge is 0.497 e. The second-order valence-electron chi connectivity index (χ2n) is 7.08. The van der Waals surface area contributed by atoms with Crippen molar-refractivity contribution < 1.29 is 13.9 Å². The van der Waals surface area contributed by atoms with E-state index in [4.69, 9.17) is 4.74 Å². The van der Waals surface area contributed by atoms with Crippen molar-refractivity contribution in [3.05, 3.63) is 59.8 Å². The number of methoxy groups -OCH3 is 1. The first-order chi connectivity index (χ1) is 13.6. The average molecular weight is 378 g/mol. The van der Waals surface area contributed by atoms with Gasteiger partial charge in [-0.1, -0.05) is 0 Å². The number of hydrogen-bond donors (Lipinski definition) is 2. The molecule has 1 aliphatic rings. The maximum absolute atomic E-state index is 13.5. The monoisotopic (exact) mass is 378 g/mol. The molecule has 1 aliphatic heterocycles. The number of nitrogens with one attached hydrogen (secondary N) is 2. The molecule has 2 N–H and O–H groups in total. The van der Waals surface area contributed by atoms with Crippen LogP contribution in [0.5, 0.6) is 5.75 Å². The molecular formula is C21H19FN4O2. The van der Waals surface area contributed by atoms with E-state index in [0.717, 1.165) is 29.5 Å². The molecule has 0 spiro atoms. The molecule has 3 heterocycles. The summed E-state index contributed by atoms with van der Waals surface area (Å²) in [6.07, 6.45) is 1.72. The van der Waals surface area contributed by atoms with Gasteiger partial charge in [-0.3, -0.25) is 4.79 Å². The van der Waals surface area contributed by atoms with Gasteiger partial charge in [0.25, 0.3) is 5.91 Å². The molecule has 28 heavy (non-hydrogen) atoms. The highest BCUT2D eigenvalue weighted by atomic mass is 19.1. The van der Waals surface area contributed by atoms with Gasteiger partial charge in [-0.15, -0.1) is 0 Å². The van der Waals surface area contributed by atoms with Gasteiger partial charge in [0.1, 0.15) is 23.1 Å². The summed E-state index contributed by atoms with van der Waals surface area (Å²) in [6, 6.07) is 11.9. The second-order valence-corrected chi connectivity index (χ2v) is 7.08. The molecule has 2 aromatic carbocycles. The number of hydrogen-bond acceptors (Lipinski definition) is 3. The van der Waals surface area contributed by atoms with E-state index in [1.165, 1.54) is 12.1 Å². The number of amides is 1. The number of aromatic amines is 2.